The number of likely N-dealkylation sites (tertiary alicyclic amines) is 1. The molecule has 2 aromatic carbocycles. The molecule has 1 unspecified atom stereocenters. The third-order valence-corrected chi connectivity index (χ3v) is 5.94. The average molecular weight is 412 g/mol. The normalized spacial score (nSPS) is 18.8. The molecule has 156 valence electrons. The van der Waals surface area contributed by atoms with Crippen molar-refractivity contribution >= 4 is 28.7 Å². The van der Waals surface area contributed by atoms with Crippen molar-refractivity contribution in [2.24, 2.45) is 11.7 Å². The summed E-state index contributed by atoms with van der Waals surface area (Å²) in [5, 5.41) is 16.8. The van der Waals surface area contributed by atoms with Gasteiger partial charge in [-0.05, 0) is 49.1 Å². The van der Waals surface area contributed by atoms with E-state index in [1.54, 1.807) is 24.3 Å². The van der Waals surface area contributed by atoms with Gasteiger partial charge in [0, 0.05) is 37.1 Å². The van der Waals surface area contributed by atoms with Crippen molar-refractivity contribution in [1.82, 2.24) is 14.5 Å². The first kappa shape index (κ1) is 20.4. The maximum absolute atomic E-state index is 13.1. The van der Waals surface area contributed by atoms with Gasteiger partial charge in [-0.15, -0.1) is 0 Å². The first-order valence-corrected chi connectivity index (χ1v) is 10.2. The van der Waals surface area contributed by atoms with Crippen LogP contribution in [0.4, 0.5) is 0 Å². The van der Waals surface area contributed by atoms with Crippen molar-refractivity contribution < 1.29 is 4.79 Å². The zero-order valence-electron chi connectivity index (χ0n) is 17.3. The number of amides is 1. The van der Waals surface area contributed by atoms with Gasteiger partial charge in [0.1, 0.15) is 0 Å². The van der Waals surface area contributed by atoms with Gasteiger partial charge < -0.3 is 20.6 Å². The minimum absolute atomic E-state index is 0.0833. The first-order valence-electron chi connectivity index (χ1n) is 10.2. The molecular formula is C24H24N6O. The highest BCUT2D eigenvalue weighted by Crippen LogP contribution is 2.28. The lowest BCUT2D eigenvalue weighted by Gasteiger charge is -2.22. The average Bonchev–Trinajstić information content (AvgIpc) is 3.37. The summed E-state index contributed by atoms with van der Waals surface area (Å²) in [6, 6.07) is 15.1. The summed E-state index contributed by atoms with van der Waals surface area (Å²) in [6.07, 6.45) is 5.37. The number of aromatic nitrogens is 2. The SMILES string of the molecule is C[C@H]1CC(Cn2cnc3cc(/C(C=N)=C/N)ccc32)CN1C(=O)c1ccccc1C#N. The number of fused-ring (bicyclic) bond motifs is 1. The Hall–Kier alpha value is -3.92. The van der Waals surface area contributed by atoms with Crippen LogP contribution in [0.5, 0.6) is 0 Å². The van der Waals surface area contributed by atoms with Gasteiger partial charge in [-0.2, -0.15) is 5.26 Å². The van der Waals surface area contributed by atoms with E-state index >= 15 is 0 Å². The summed E-state index contributed by atoms with van der Waals surface area (Å²) in [5.74, 6) is 0.214. The van der Waals surface area contributed by atoms with E-state index in [-0.39, 0.29) is 11.9 Å². The number of nitrogens with one attached hydrogen (secondary N) is 1. The van der Waals surface area contributed by atoms with Crippen LogP contribution >= 0.6 is 0 Å². The maximum atomic E-state index is 13.1. The molecule has 0 radical (unpaired) electrons. The standard InChI is InChI=1S/C24H24N6O/c1-16-8-17(14-30(16)24(31)21-5-3-2-4-19(21)10-25)13-29-15-28-22-9-18(6-7-23(22)29)20(11-26)12-27/h2-7,9,11-12,15-17,26H,8,13-14,27H2,1H3/b20-12+,26-11?/t16-,17?/m0/s1. The molecule has 1 aliphatic heterocycles. The fraction of sp³-hybridized carbons (Fsp3) is 0.250. The van der Waals surface area contributed by atoms with Crippen LogP contribution in [-0.2, 0) is 6.54 Å². The predicted octanol–water partition coefficient (Wildman–Crippen LogP) is 3.41. The van der Waals surface area contributed by atoms with Gasteiger partial charge in [0.25, 0.3) is 5.91 Å². The van der Waals surface area contributed by atoms with Crippen molar-refractivity contribution in [2.75, 3.05) is 6.54 Å². The number of nitrogens with zero attached hydrogens (tertiary/aromatic N) is 4. The number of rotatable bonds is 5. The molecule has 31 heavy (non-hydrogen) atoms. The Balaban J connectivity index is 1.52. The molecule has 1 amide bonds. The first-order chi connectivity index (χ1) is 15.0. The molecule has 2 atom stereocenters. The van der Waals surface area contributed by atoms with E-state index in [2.05, 4.69) is 22.5 Å². The Bertz CT molecular complexity index is 1220. The highest BCUT2D eigenvalue weighted by molar-refractivity contribution is 6.09. The van der Waals surface area contributed by atoms with E-state index < -0.39 is 0 Å². The van der Waals surface area contributed by atoms with Gasteiger partial charge in [0.2, 0.25) is 0 Å². The van der Waals surface area contributed by atoms with E-state index in [0.717, 1.165) is 29.6 Å². The molecule has 0 spiro atoms. The second-order valence-electron chi connectivity index (χ2n) is 7.93. The molecule has 7 nitrogen and oxygen atoms in total. The Morgan fingerprint density at radius 1 is 1.35 bits per heavy atom. The van der Waals surface area contributed by atoms with Crippen molar-refractivity contribution in [1.29, 1.82) is 10.7 Å². The number of allylic oxidation sites excluding steroid dienone is 1. The topological polar surface area (TPSA) is 112 Å². The summed E-state index contributed by atoms with van der Waals surface area (Å²) in [5.41, 5.74) is 9.84. The van der Waals surface area contributed by atoms with Crippen molar-refractivity contribution in [2.45, 2.75) is 25.9 Å². The highest BCUT2D eigenvalue weighted by atomic mass is 16.2. The van der Waals surface area contributed by atoms with E-state index in [1.807, 2.05) is 29.4 Å². The molecule has 0 bridgehead atoms. The summed E-state index contributed by atoms with van der Waals surface area (Å²) < 4.78 is 2.12. The van der Waals surface area contributed by atoms with Crippen LogP contribution in [0.2, 0.25) is 0 Å². The molecule has 3 aromatic rings. The zero-order chi connectivity index (χ0) is 22.0. The second kappa shape index (κ2) is 8.44. The van der Waals surface area contributed by atoms with Crippen LogP contribution in [-0.4, -0.2) is 39.2 Å². The fourth-order valence-electron chi connectivity index (χ4n) is 4.37. The molecule has 7 heteroatoms. The molecule has 1 aliphatic rings. The molecule has 3 N–H and O–H groups in total. The number of nitrogens with two attached hydrogens (primary N) is 1. The van der Waals surface area contributed by atoms with E-state index in [0.29, 0.717) is 29.2 Å². The molecule has 1 saturated heterocycles. The lowest BCUT2D eigenvalue weighted by molar-refractivity contribution is 0.0742. The summed E-state index contributed by atoms with van der Waals surface area (Å²) >= 11 is 0. The number of carbonyl (C=O) groups excluding carboxylic acids is 1. The predicted molar refractivity (Wildman–Crippen MR) is 120 cm³/mol. The van der Waals surface area contributed by atoms with Gasteiger partial charge >= 0.3 is 0 Å². The lowest BCUT2D eigenvalue weighted by Crippen LogP contribution is -2.34. The van der Waals surface area contributed by atoms with Crippen LogP contribution in [0.3, 0.4) is 0 Å². The Morgan fingerprint density at radius 3 is 2.90 bits per heavy atom. The largest absolute Gasteiger partial charge is 0.404 e. The summed E-state index contributed by atoms with van der Waals surface area (Å²) in [6.45, 7) is 3.46. The highest BCUT2D eigenvalue weighted by Gasteiger charge is 2.34. The van der Waals surface area contributed by atoms with E-state index in [4.69, 9.17) is 11.1 Å². The summed E-state index contributed by atoms with van der Waals surface area (Å²) in [7, 11) is 0. The van der Waals surface area contributed by atoms with Crippen LogP contribution in [0.25, 0.3) is 16.6 Å². The van der Waals surface area contributed by atoms with Crippen molar-refractivity contribution in [3.05, 3.63) is 71.7 Å². The maximum Gasteiger partial charge on any atom is 0.255 e. The molecule has 0 aliphatic carbocycles. The third kappa shape index (κ3) is 3.80. The number of hydrogen-bond donors (Lipinski definition) is 2. The molecule has 4 rings (SSSR count). The van der Waals surface area contributed by atoms with E-state index in [9.17, 15) is 10.1 Å². The summed E-state index contributed by atoms with van der Waals surface area (Å²) in [4.78, 5) is 19.5. The molecular weight excluding hydrogens is 388 g/mol. The van der Waals surface area contributed by atoms with Gasteiger partial charge in [-0.1, -0.05) is 18.2 Å². The number of hydrogen-bond acceptors (Lipinski definition) is 5. The lowest BCUT2D eigenvalue weighted by atomic mass is 10.1. The van der Waals surface area contributed by atoms with Gasteiger partial charge in [-0.25, -0.2) is 4.98 Å². The monoisotopic (exact) mass is 412 g/mol. The molecule has 2 heterocycles. The zero-order valence-corrected chi connectivity index (χ0v) is 17.3. The minimum atomic E-state index is -0.0833. The molecule has 0 saturated carbocycles. The Kier molecular flexibility index (Phi) is 5.54. The molecule has 1 aromatic heterocycles. The quantitative estimate of drug-likeness (QED) is 0.625. The number of carbonyl (C=O) groups is 1. The molecule has 1 fully saturated rings. The van der Waals surface area contributed by atoms with Crippen molar-refractivity contribution in [3.8, 4) is 6.07 Å². The fourth-order valence-corrected chi connectivity index (χ4v) is 4.37. The van der Waals surface area contributed by atoms with Crippen LogP contribution < -0.4 is 5.73 Å². The number of imidazole rings is 1. The number of benzene rings is 2. The van der Waals surface area contributed by atoms with Crippen LogP contribution in [0, 0.1) is 22.7 Å². The van der Waals surface area contributed by atoms with Crippen LogP contribution in [0.1, 0.15) is 34.8 Å². The second-order valence-corrected chi connectivity index (χ2v) is 7.93. The van der Waals surface area contributed by atoms with Gasteiger partial charge in [0.05, 0.1) is 34.6 Å². The Labute approximate surface area is 180 Å². The Morgan fingerprint density at radius 2 is 2.16 bits per heavy atom. The van der Waals surface area contributed by atoms with Crippen LogP contribution in [0.15, 0.2) is 55.0 Å². The van der Waals surface area contributed by atoms with E-state index in [1.165, 1.54) is 12.4 Å². The number of nitriles is 1. The van der Waals surface area contributed by atoms with Gasteiger partial charge in [-0.3, -0.25) is 4.79 Å². The smallest absolute Gasteiger partial charge is 0.255 e. The van der Waals surface area contributed by atoms with Crippen molar-refractivity contribution in [3.63, 3.8) is 0 Å². The third-order valence-electron chi connectivity index (χ3n) is 5.94. The minimum Gasteiger partial charge on any atom is -0.404 e. The van der Waals surface area contributed by atoms with Gasteiger partial charge in [0.15, 0.2) is 0 Å².